The van der Waals surface area contributed by atoms with Gasteiger partial charge in [0, 0.05) is 16.5 Å². The van der Waals surface area contributed by atoms with Crippen LogP contribution in [-0.2, 0) is 12.8 Å². The number of hydrogen-bond acceptors (Lipinski definition) is 3. The molecule has 6 rings (SSSR count). The first-order chi connectivity index (χ1) is 19.7. The number of aryl methyl sites for hydroxylation is 1. The SMILES string of the molecule is O=C(O)c1[nH]c2c(Nc3ccccc3Cc3ccccc3)cccc2c1CCCOc1cccc2ccccc12. The molecule has 0 bridgehead atoms. The van der Waals surface area contributed by atoms with Crippen LogP contribution in [0, 0.1) is 0 Å². The first-order valence-electron chi connectivity index (χ1n) is 13.5. The Morgan fingerprint density at radius 3 is 2.33 bits per heavy atom. The normalized spacial score (nSPS) is 11.1. The van der Waals surface area contributed by atoms with Gasteiger partial charge >= 0.3 is 5.97 Å². The van der Waals surface area contributed by atoms with E-state index in [0.29, 0.717) is 19.4 Å². The van der Waals surface area contributed by atoms with E-state index < -0.39 is 5.97 Å². The zero-order valence-electron chi connectivity index (χ0n) is 22.1. The smallest absolute Gasteiger partial charge is 0.352 e. The molecule has 0 atom stereocenters. The van der Waals surface area contributed by atoms with Gasteiger partial charge in [0.25, 0.3) is 0 Å². The molecule has 1 heterocycles. The number of ether oxygens (including phenoxy) is 1. The first-order valence-corrected chi connectivity index (χ1v) is 13.5. The molecule has 0 aliphatic rings. The molecule has 0 radical (unpaired) electrons. The van der Waals surface area contributed by atoms with E-state index in [-0.39, 0.29) is 5.69 Å². The Labute approximate surface area is 233 Å². The van der Waals surface area contributed by atoms with E-state index in [2.05, 4.69) is 52.8 Å². The summed E-state index contributed by atoms with van der Waals surface area (Å²) in [5, 5.41) is 16.7. The van der Waals surface area contributed by atoms with Crippen LogP contribution in [0.3, 0.4) is 0 Å². The van der Waals surface area contributed by atoms with Crippen molar-refractivity contribution in [3.8, 4) is 5.75 Å². The number of hydrogen-bond donors (Lipinski definition) is 3. The topological polar surface area (TPSA) is 74.3 Å². The zero-order chi connectivity index (χ0) is 27.3. The summed E-state index contributed by atoms with van der Waals surface area (Å²) in [7, 11) is 0. The number of anilines is 2. The summed E-state index contributed by atoms with van der Waals surface area (Å²) in [6.45, 7) is 0.491. The van der Waals surface area contributed by atoms with Crippen molar-refractivity contribution < 1.29 is 14.6 Å². The fraction of sp³-hybridized carbons (Fsp3) is 0.114. The Kier molecular flexibility index (Phi) is 7.18. The van der Waals surface area contributed by atoms with Gasteiger partial charge in [0.15, 0.2) is 0 Å². The van der Waals surface area contributed by atoms with Gasteiger partial charge in [0.05, 0.1) is 17.8 Å². The number of carboxylic acid groups (broad SMARTS) is 1. The third-order valence-electron chi connectivity index (χ3n) is 7.26. The summed E-state index contributed by atoms with van der Waals surface area (Å²) in [4.78, 5) is 15.4. The highest BCUT2D eigenvalue weighted by Gasteiger charge is 2.19. The number of carboxylic acids is 1. The Morgan fingerprint density at radius 2 is 1.45 bits per heavy atom. The van der Waals surface area contributed by atoms with Crippen molar-refractivity contribution in [1.82, 2.24) is 4.98 Å². The minimum atomic E-state index is -0.961. The molecule has 5 heteroatoms. The average molecular weight is 527 g/mol. The minimum absolute atomic E-state index is 0.229. The molecule has 5 aromatic carbocycles. The molecule has 0 saturated carbocycles. The van der Waals surface area contributed by atoms with E-state index in [1.165, 1.54) is 11.1 Å². The molecule has 0 unspecified atom stereocenters. The van der Waals surface area contributed by atoms with E-state index in [1.807, 2.05) is 72.8 Å². The van der Waals surface area contributed by atoms with Crippen molar-refractivity contribution in [3.05, 3.63) is 138 Å². The van der Waals surface area contributed by atoms with Crippen LogP contribution in [0.2, 0.25) is 0 Å². The van der Waals surface area contributed by atoms with E-state index in [4.69, 9.17) is 4.74 Å². The molecule has 40 heavy (non-hydrogen) atoms. The lowest BCUT2D eigenvalue weighted by Gasteiger charge is -2.13. The number of nitrogens with one attached hydrogen (secondary N) is 2. The molecule has 0 spiro atoms. The molecule has 3 N–H and O–H groups in total. The summed E-state index contributed by atoms with van der Waals surface area (Å²) in [6.07, 6.45) is 2.07. The van der Waals surface area contributed by atoms with Gasteiger partial charge in [0.2, 0.25) is 0 Å². The average Bonchev–Trinajstić information content (AvgIpc) is 3.37. The number of carbonyl (C=O) groups is 1. The molecule has 0 aliphatic heterocycles. The lowest BCUT2D eigenvalue weighted by Crippen LogP contribution is -2.04. The summed E-state index contributed by atoms with van der Waals surface area (Å²) in [5.41, 5.74) is 6.06. The summed E-state index contributed by atoms with van der Waals surface area (Å²) < 4.78 is 6.12. The van der Waals surface area contributed by atoms with Crippen molar-refractivity contribution in [1.29, 1.82) is 0 Å². The van der Waals surface area contributed by atoms with Crippen LogP contribution in [-0.4, -0.2) is 22.7 Å². The maximum absolute atomic E-state index is 12.2. The largest absolute Gasteiger partial charge is 0.493 e. The van der Waals surface area contributed by atoms with E-state index in [1.54, 1.807) is 0 Å². The predicted octanol–water partition coefficient (Wildman–Crippen LogP) is 8.37. The van der Waals surface area contributed by atoms with Gasteiger partial charge in [-0.2, -0.15) is 0 Å². The Balaban J connectivity index is 1.23. The summed E-state index contributed by atoms with van der Waals surface area (Å²) >= 11 is 0. The van der Waals surface area contributed by atoms with Crippen molar-refractivity contribution in [2.24, 2.45) is 0 Å². The lowest BCUT2D eigenvalue weighted by molar-refractivity contribution is 0.0690. The minimum Gasteiger partial charge on any atom is -0.493 e. The van der Waals surface area contributed by atoms with E-state index in [0.717, 1.165) is 50.8 Å². The molecular formula is C35H30N2O3. The molecule has 1 aromatic heterocycles. The number of aromatic nitrogens is 1. The number of rotatable bonds is 10. The van der Waals surface area contributed by atoms with E-state index >= 15 is 0 Å². The highest BCUT2D eigenvalue weighted by Crippen LogP contribution is 2.33. The maximum atomic E-state index is 12.2. The Bertz CT molecular complexity index is 1780. The summed E-state index contributed by atoms with van der Waals surface area (Å²) in [6, 6.07) is 38.7. The van der Waals surface area contributed by atoms with Gasteiger partial charge < -0.3 is 20.1 Å². The Hall–Kier alpha value is -5.03. The lowest BCUT2D eigenvalue weighted by atomic mass is 10.0. The van der Waals surface area contributed by atoms with Gasteiger partial charge in [-0.05, 0) is 59.5 Å². The third kappa shape index (κ3) is 5.27. The van der Waals surface area contributed by atoms with Crippen LogP contribution in [0.4, 0.5) is 11.4 Å². The monoisotopic (exact) mass is 526 g/mol. The first kappa shape index (κ1) is 25.3. The molecule has 0 amide bonds. The zero-order valence-corrected chi connectivity index (χ0v) is 22.1. The number of fused-ring (bicyclic) bond motifs is 2. The fourth-order valence-electron chi connectivity index (χ4n) is 5.33. The van der Waals surface area contributed by atoms with Crippen molar-refractivity contribution >= 4 is 39.0 Å². The van der Waals surface area contributed by atoms with Crippen molar-refractivity contribution in [3.63, 3.8) is 0 Å². The Morgan fingerprint density at radius 1 is 0.750 bits per heavy atom. The molecule has 5 nitrogen and oxygen atoms in total. The molecule has 6 aromatic rings. The highest BCUT2D eigenvalue weighted by atomic mass is 16.5. The molecule has 0 aliphatic carbocycles. The fourth-order valence-corrected chi connectivity index (χ4v) is 5.33. The van der Waals surface area contributed by atoms with Gasteiger partial charge in [0.1, 0.15) is 11.4 Å². The van der Waals surface area contributed by atoms with Gasteiger partial charge in [-0.15, -0.1) is 0 Å². The van der Waals surface area contributed by atoms with Crippen LogP contribution in [0.1, 0.15) is 33.6 Å². The van der Waals surface area contributed by atoms with Gasteiger partial charge in [-0.25, -0.2) is 4.79 Å². The van der Waals surface area contributed by atoms with Crippen LogP contribution >= 0.6 is 0 Å². The number of benzene rings is 5. The van der Waals surface area contributed by atoms with Crippen LogP contribution in [0.15, 0.2) is 115 Å². The van der Waals surface area contributed by atoms with Crippen LogP contribution < -0.4 is 10.1 Å². The van der Waals surface area contributed by atoms with Gasteiger partial charge in [-0.3, -0.25) is 0 Å². The number of H-pyrrole nitrogens is 1. The van der Waals surface area contributed by atoms with E-state index in [9.17, 15) is 9.90 Å². The second-order valence-corrected chi connectivity index (χ2v) is 9.89. The number of aromatic carboxylic acids is 1. The highest BCUT2D eigenvalue weighted by molar-refractivity contribution is 6.02. The third-order valence-corrected chi connectivity index (χ3v) is 7.26. The molecule has 0 fully saturated rings. The molecule has 198 valence electrons. The van der Waals surface area contributed by atoms with Gasteiger partial charge in [-0.1, -0.05) is 97.1 Å². The summed E-state index contributed by atoms with van der Waals surface area (Å²) in [5.74, 6) is -0.118. The quantitative estimate of drug-likeness (QED) is 0.157. The van der Waals surface area contributed by atoms with Crippen molar-refractivity contribution in [2.45, 2.75) is 19.3 Å². The van der Waals surface area contributed by atoms with Crippen LogP contribution in [0.25, 0.3) is 21.7 Å². The maximum Gasteiger partial charge on any atom is 0.352 e. The second kappa shape index (κ2) is 11.4. The van der Waals surface area contributed by atoms with Crippen LogP contribution in [0.5, 0.6) is 5.75 Å². The second-order valence-electron chi connectivity index (χ2n) is 9.89. The number of aromatic amines is 1. The predicted molar refractivity (Wildman–Crippen MR) is 162 cm³/mol. The van der Waals surface area contributed by atoms with Crippen molar-refractivity contribution in [2.75, 3.05) is 11.9 Å². The number of para-hydroxylation sites is 2. The standard InChI is InChI=1S/C35H30N2O3/c38-35(39)34-29(18-10-22-40-32-21-8-15-25-13-4-6-16-27(25)32)28-17-9-20-31(33(28)37-34)36-30-19-7-5-14-26(30)23-24-11-2-1-3-12-24/h1-9,11-17,19-21,36-37H,10,18,22-23H2,(H,38,39). The molecular weight excluding hydrogens is 496 g/mol. The molecule has 0 saturated heterocycles.